The van der Waals surface area contributed by atoms with E-state index in [1.807, 2.05) is 54.8 Å². The zero-order valence-corrected chi connectivity index (χ0v) is 16.7. The van der Waals surface area contributed by atoms with E-state index < -0.39 is 0 Å². The Kier molecular flexibility index (Phi) is 5.85. The van der Waals surface area contributed by atoms with Gasteiger partial charge >= 0.3 is 0 Å². The van der Waals surface area contributed by atoms with Gasteiger partial charge in [0.1, 0.15) is 0 Å². The molecule has 144 valence electrons. The first-order valence-corrected chi connectivity index (χ1v) is 9.71. The first kappa shape index (κ1) is 19.4. The molecule has 0 saturated carbocycles. The van der Waals surface area contributed by atoms with Gasteiger partial charge in [0.05, 0.1) is 23.1 Å². The lowest BCUT2D eigenvalue weighted by atomic mass is 10.0. The number of nitrogens with zero attached hydrogens (tertiary/aromatic N) is 4. The van der Waals surface area contributed by atoms with Crippen molar-refractivity contribution in [1.82, 2.24) is 19.6 Å². The molecule has 0 bridgehead atoms. The molecular weight excluding hydrogens is 364 g/mol. The number of halogens is 1. The maximum atomic E-state index is 13.1. The van der Waals surface area contributed by atoms with E-state index in [4.69, 9.17) is 11.6 Å². The van der Waals surface area contributed by atoms with Crippen LogP contribution in [0.25, 0.3) is 5.69 Å². The van der Waals surface area contributed by atoms with Crippen LogP contribution in [0.2, 0.25) is 5.02 Å². The molecule has 0 N–H and O–H groups in total. The van der Waals surface area contributed by atoms with Gasteiger partial charge in [-0.25, -0.2) is 4.68 Å². The van der Waals surface area contributed by atoms with Crippen molar-refractivity contribution in [3.63, 3.8) is 0 Å². The Labute approximate surface area is 164 Å². The fraction of sp³-hybridized carbons (Fsp3) is 0.450. The van der Waals surface area contributed by atoms with Crippen LogP contribution in [0.3, 0.4) is 0 Å². The summed E-state index contributed by atoms with van der Waals surface area (Å²) >= 11 is 6.12. The predicted octanol–water partition coefficient (Wildman–Crippen LogP) is 3.34. The van der Waals surface area contributed by atoms with E-state index in [2.05, 4.69) is 5.10 Å². The quantitative estimate of drug-likeness (QED) is 0.807. The molecule has 1 aromatic carbocycles. The minimum atomic E-state index is -0.0319. The molecule has 2 amide bonds. The second kappa shape index (κ2) is 8.13. The summed E-state index contributed by atoms with van der Waals surface area (Å²) in [5, 5.41) is 5.09. The molecule has 1 saturated heterocycles. The largest absolute Gasteiger partial charge is 0.339 e. The summed E-state index contributed by atoms with van der Waals surface area (Å²) in [7, 11) is 0. The number of rotatable bonds is 4. The zero-order valence-electron chi connectivity index (χ0n) is 16.0. The fourth-order valence-electron chi connectivity index (χ4n) is 3.44. The molecule has 0 atom stereocenters. The summed E-state index contributed by atoms with van der Waals surface area (Å²) in [6.45, 7) is 8.21. The Morgan fingerprint density at radius 2 is 1.81 bits per heavy atom. The molecule has 0 unspecified atom stereocenters. The Morgan fingerprint density at radius 3 is 2.41 bits per heavy atom. The summed E-state index contributed by atoms with van der Waals surface area (Å²) in [5.74, 6) is 0.225. The monoisotopic (exact) mass is 388 g/mol. The van der Waals surface area contributed by atoms with Crippen LogP contribution in [0.1, 0.15) is 49.2 Å². The van der Waals surface area contributed by atoms with Gasteiger partial charge in [0.25, 0.3) is 5.91 Å². The van der Waals surface area contributed by atoms with Crippen molar-refractivity contribution in [1.29, 1.82) is 0 Å². The lowest BCUT2D eigenvalue weighted by Gasteiger charge is -2.34. The predicted molar refractivity (Wildman–Crippen MR) is 105 cm³/mol. The SMILES string of the molecule is CCC(=O)N1CCN(C(=O)c2cnn(-c3cccc(Cl)c3)c2C(C)C)CC1. The molecule has 2 aromatic rings. The van der Waals surface area contributed by atoms with Crippen molar-refractivity contribution in [2.75, 3.05) is 26.2 Å². The highest BCUT2D eigenvalue weighted by molar-refractivity contribution is 6.30. The van der Waals surface area contributed by atoms with E-state index in [0.717, 1.165) is 11.4 Å². The summed E-state index contributed by atoms with van der Waals surface area (Å²) < 4.78 is 1.79. The number of aromatic nitrogens is 2. The molecule has 1 aliphatic heterocycles. The van der Waals surface area contributed by atoms with Crippen LogP contribution in [-0.4, -0.2) is 57.6 Å². The van der Waals surface area contributed by atoms with Crippen LogP contribution in [0.15, 0.2) is 30.5 Å². The van der Waals surface area contributed by atoms with E-state index in [9.17, 15) is 9.59 Å². The minimum absolute atomic E-state index is 0.0319. The highest BCUT2D eigenvalue weighted by Gasteiger charge is 2.28. The number of amides is 2. The minimum Gasteiger partial charge on any atom is -0.339 e. The van der Waals surface area contributed by atoms with Gasteiger partial charge in [0.15, 0.2) is 0 Å². The van der Waals surface area contributed by atoms with Gasteiger partial charge in [-0.3, -0.25) is 9.59 Å². The third kappa shape index (κ3) is 4.00. The maximum Gasteiger partial charge on any atom is 0.257 e. The van der Waals surface area contributed by atoms with E-state index in [0.29, 0.717) is 43.2 Å². The standard InChI is InChI=1S/C20H25ClN4O2/c1-4-18(26)23-8-10-24(11-9-23)20(27)17-13-22-25(19(17)14(2)3)16-7-5-6-15(21)12-16/h5-7,12-14H,4,8-11H2,1-3H3. The Bertz CT molecular complexity index is 838. The first-order valence-electron chi connectivity index (χ1n) is 9.33. The van der Waals surface area contributed by atoms with Gasteiger partial charge < -0.3 is 9.80 Å². The normalized spacial score (nSPS) is 14.7. The van der Waals surface area contributed by atoms with Gasteiger partial charge in [-0.15, -0.1) is 0 Å². The average Bonchev–Trinajstić information content (AvgIpc) is 3.12. The summed E-state index contributed by atoms with van der Waals surface area (Å²) in [4.78, 5) is 28.6. The van der Waals surface area contributed by atoms with Gasteiger partial charge in [0.2, 0.25) is 5.91 Å². The Morgan fingerprint density at radius 1 is 1.15 bits per heavy atom. The van der Waals surface area contributed by atoms with Crippen LogP contribution < -0.4 is 0 Å². The van der Waals surface area contributed by atoms with Crippen molar-refractivity contribution >= 4 is 23.4 Å². The zero-order chi connectivity index (χ0) is 19.6. The van der Waals surface area contributed by atoms with Gasteiger partial charge in [-0.05, 0) is 24.1 Å². The third-order valence-electron chi connectivity index (χ3n) is 4.86. The van der Waals surface area contributed by atoms with Crippen molar-refractivity contribution < 1.29 is 9.59 Å². The average molecular weight is 389 g/mol. The van der Waals surface area contributed by atoms with Crippen molar-refractivity contribution in [3.8, 4) is 5.69 Å². The Hall–Kier alpha value is -2.34. The first-order chi connectivity index (χ1) is 12.9. The van der Waals surface area contributed by atoms with Crippen LogP contribution in [0.4, 0.5) is 0 Å². The summed E-state index contributed by atoms with van der Waals surface area (Å²) in [6.07, 6.45) is 2.14. The molecule has 27 heavy (non-hydrogen) atoms. The van der Waals surface area contributed by atoms with Crippen LogP contribution in [0, 0.1) is 0 Å². The highest BCUT2D eigenvalue weighted by atomic mass is 35.5. The van der Waals surface area contributed by atoms with Gasteiger partial charge in [0, 0.05) is 37.6 Å². The molecule has 2 heterocycles. The molecule has 1 aliphatic rings. The van der Waals surface area contributed by atoms with Crippen LogP contribution in [0.5, 0.6) is 0 Å². The van der Waals surface area contributed by atoms with Gasteiger partial charge in [-0.2, -0.15) is 5.10 Å². The number of piperazine rings is 1. The topological polar surface area (TPSA) is 58.4 Å². The molecule has 1 aromatic heterocycles. The lowest BCUT2D eigenvalue weighted by molar-refractivity contribution is -0.132. The van der Waals surface area contributed by atoms with Crippen molar-refractivity contribution in [3.05, 3.63) is 46.7 Å². The fourth-order valence-corrected chi connectivity index (χ4v) is 3.63. The van der Waals surface area contributed by atoms with Gasteiger partial charge in [-0.1, -0.05) is 38.4 Å². The molecular formula is C20H25ClN4O2. The molecule has 0 spiro atoms. The molecule has 0 radical (unpaired) electrons. The van der Waals surface area contributed by atoms with E-state index in [1.165, 1.54) is 0 Å². The van der Waals surface area contributed by atoms with E-state index >= 15 is 0 Å². The molecule has 6 nitrogen and oxygen atoms in total. The van der Waals surface area contributed by atoms with Crippen molar-refractivity contribution in [2.24, 2.45) is 0 Å². The molecule has 1 fully saturated rings. The maximum absolute atomic E-state index is 13.1. The second-order valence-corrected chi connectivity index (χ2v) is 7.45. The smallest absolute Gasteiger partial charge is 0.257 e. The third-order valence-corrected chi connectivity index (χ3v) is 5.09. The number of hydrogen-bond acceptors (Lipinski definition) is 3. The molecule has 7 heteroatoms. The highest BCUT2D eigenvalue weighted by Crippen LogP contribution is 2.25. The number of benzene rings is 1. The molecule has 0 aliphatic carbocycles. The van der Waals surface area contributed by atoms with Crippen LogP contribution in [-0.2, 0) is 4.79 Å². The van der Waals surface area contributed by atoms with E-state index in [1.54, 1.807) is 10.9 Å². The second-order valence-electron chi connectivity index (χ2n) is 7.02. The Balaban J connectivity index is 1.85. The summed E-state index contributed by atoms with van der Waals surface area (Å²) in [5.41, 5.74) is 2.32. The number of carbonyl (C=O) groups excluding carboxylic acids is 2. The lowest BCUT2D eigenvalue weighted by Crippen LogP contribution is -2.50. The molecule has 3 rings (SSSR count). The van der Waals surface area contributed by atoms with E-state index in [-0.39, 0.29) is 17.7 Å². The number of hydrogen-bond donors (Lipinski definition) is 0. The van der Waals surface area contributed by atoms with Crippen molar-refractivity contribution in [2.45, 2.75) is 33.1 Å². The van der Waals surface area contributed by atoms with Crippen LogP contribution >= 0.6 is 11.6 Å². The summed E-state index contributed by atoms with van der Waals surface area (Å²) in [6, 6.07) is 7.44. The number of carbonyl (C=O) groups is 2.